The lowest BCUT2D eigenvalue weighted by Crippen LogP contribution is -2.49. The lowest BCUT2D eigenvalue weighted by atomic mass is 10.1. The molecule has 4 atom stereocenters. The molecular weight excluding hydrogens is 1090 g/mol. The second-order valence-electron chi connectivity index (χ2n) is 18.2. The molecule has 0 saturated carbocycles. The first-order valence-corrected chi connectivity index (χ1v) is 28.4. The molecule has 4 unspecified atom stereocenters. The fourth-order valence-corrected chi connectivity index (χ4v) is 10.6. The monoisotopic (exact) mass is 1160 g/mol. The summed E-state index contributed by atoms with van der Waals surface area (Å²) in [4.78, 5) is 155. The first kappa shape index (κ1) is 66.3. The van der Waals surface area contributed by atoms with Crippen LogP contribution in [-0.4, -0.2) is 140 Å². The van der Waals surface area contributed by atoms with Gasteiger partial charge in [0.1, 0.15) is 35.4 Å². The van der Waals surface area contributed by atoms with Crippen molar-refractivity contribution in [2.75, 3.05) is 24.6 Å². The first-order valence-electron chi connectivity index (χ1n) is 23.7. The number of carbonyl (C=O) groups excluding carboxylic acids is 10. The SMILES string of the molecule is CC(C)(C)OC(=O)NC(CSSc1ncccc1[N+](=O)[O-])C(=O)NCCCCC(NC(=O)CCCC(=O)NC(CCCCNC(=O)C(CSSc1ncccc1[N+](=O)[O-])NC(=O)OC(C)(C)C)C(=O)NC=O)C(=O)NC=O. The Bertz CT molecular complexity index is 2220. The second kappa shape index (κ2) is 34.8. The topological polar surface area (TPSA) is 397 Å². The minimum atomic E-state index is -1.18. The van der Waals surface area contributed by atoms with Crippen molar-refractivity contribution in [3.63, 3.8) is 0 Å². The number of nitro groups is 2. The van der Waals surface area contributed by atoms with Crippen LogP contribution in [-0.2, 0) is 47.8 Å². The third kappa shape index (κ3) is 28.2. The summed E-state index contributed by atoms with van der Waals surface area (Å²) in [7, 11) is 3.97. The third-order valence-electron chi connectivity index (χ3n) is 9.61. The van der Waals surface area contributed by atoms with Crippen molar-refractivity contribution >= 4 is 115 Å². The van der Waals surface area contributed by atoms with Crippen molar-refractivity contribution < 1.29 is 67.3 Å². The van der Waals surface area contributed by atoms with Crippen LogP contribution in [0.2, 0.25) is 0 Å². The Labute approximate surface area is 459 Å². The van der Waals surface area contributed by atoms with E-state index in [-0.39, 0.29) is 117 Å². The van der Waals surface area contributed by atoms with E-state index in [1.54, 1.807) is 41.5 Å². The summed E-state index contributed by atoms with van der Waals surface area (Å²) in [6, 6.07) is 0.737. The first-order chi connectivity index (χ1) is 36.3. The number of rotatable bonds is 34. The van der Waals surface area contributed by atoms with Crippen molar-refractivity contribution in [1.29, 1.82) is 0 Å². The van der Waals surface area contributed by atoms with Gasteiger partial charge in [0.15, 0.2) is 10.1 Å². The predicted molar refractivity (Wildman–Crippen MR) is 285 cm³/mol. The van der Waals surface area contributed by atoms with Crippen molar-refractivity contribution in [3.8, 4) is 0 Å². The van der Waals surface area contributed by atoms with Crippen LogP contribution in [0, 0.1) is 20.2 Å². The van der Waals surface area contributed by atoms with Crippen LogP contribution in [0.3, 0.4) is 0 Å². The summed E-state index contributed by atoms with van der Waals surface area (Å²) in [5.41, 5.74) is -2.23. The Kier molecular flexibility index (Phi) is 30.0. The minimum Gasteiger partial charge on any atom is -0.444 e. The van der Waals surface area contributed by atoms with Gasteiger partial charge in [0.25, 0.3) is 0 Å². The highest BCUT2D eigenvalue weighted by Crippen LogP contribution is 2.37. The van der Waals surface area contributed by atoms with Crippen molar-refractivity contribution in [3.05, 3.63) is 56.9 Å². The van der Waals surface area contributed by atoms with E-state index in [4.69, 9.17) is 9.47 Å². The van der Waals surface area contributed by atoms with E-state index in [1.165, 1.54) is 36.7 Å². The van der Waals surface area contributed by atoms with Gasteiger partial charge in [-0.25, -0.2) is 19.6 Å². The normalized spacial score (nSPS) is 12.6. The average Bonchev–Trinajstić information content (AvgIpc) is 3.33. The van der Waals surface area contributed by atoms with Gasteiger partial charge in [-0.05, 0) is 120 Å². The molecule has 424 valence electrons. The number of amides is 10. The van der Waals surface area contributed by atoms with Gasteiger partial charge in [-0.3, -0.25) is 69.2 Å². The number of pyridine rings is 2. The lowest BCUT2D eigenvalue weighted by Gasteiger charge is -2.23. The van der Waals surface area contributed by atoms with Crippen LogP contribution in [0.25, 0.3) is 0 Å². The quantitative estimate of drug-likeness (QED) is 0.0163. The number of imide groups is 2. The molecule has 0 fully saturated rings. The highest BCUT2D eigenvalue weighted by molar-refractivity contribution is 8.77. The fourth-order valence-electron chi connectivity index (χ4n) is 6.17. The maximum atomic E-state index is 13.2. The molecule has 28 nitrogen and oxygen atoms in total. The molecule has 0 aliphatic carbocycles. The van der Waals surface area contributed by atoms with Gasteiger partial charge < -0.3 is 41.4 Å². The predicted octanol–water partition coefficient (Wildman–Crippen LogP) is 3.52. The Balaban J connectivity index is 1.90. The Morgan fingerprint density at radius 1 is 0.571 bits per heavy atom. The van der Waals surface area contributed by atoms with Crippen LogP contribution < -0.4 is 42.5 Å². The van der Waals surface area contributed by atoms with E-state index in [2.05, 4.69) is 41.9 Å². The third-order valence-corrected chi connectivity index (χ3v) is 14.2. The minimum absolute atomic E-state index is 0.0247. The van der Waals surface area contributed by atoms with Gasteiger partial charge in [-0.2, -0.15) is 0 Å². The maximum Gasteiger partial charge on any atom is 0.408 e. The van der Waals surface area contributed by atoms with Crippen molar-refractivity contribution in [1.82, 2.24) is 52.5 Å². The maximum absolute atomic E-state index is 13.2. The van der Waals surface area contributed by atoms with Crippen LogP contribution >= 0.6 is 43.2 Å². The molecular formula is C45H64N12O16S4. The molecule has 2 heterocycles. The van der Waals surface area contributed by atoms with E-state index >= 15 is 0 Å². The van der Waals surface area contributed by atoms with E-state index in [0.29, 0.717) is 0 Å². The van der Waals surface area contributed by atoms with E-state index in [0.717, 1.165) is 43.2 Å². The highest BCUT2D eigenvalue weighted by atomic mass is 33.1. The number of nitrogens with one attached hydrogen (secondary N) is 8. The zero-order chi connectivity index (χ0) is 57.6. The Morgan fingerprint density at radius 3 is 1.29 bits per heavy atom. The van der Waals surface area contributed by atoms with Gasteiger partial charge in [0.05, 0.1) is 9.85 Å². The largest absolute Gasteiger partial charge is 0.444 e. The molecule has 10 amide bonds. The molecule has 0 spiro atoms. The van der Waals surface area contributed by atoms with Gasteiger partial charge >= 0.3 is 23.6 Å². The smallest absolute Gasteiger partial charge is 0.408 e. The number of unbranched alkanes of at least 4 members (excludes halogenated alkanes) is 2. The van der Waals surface area contributed by atoms with Gasteiger partial charge in [0, 0.05) is 62.0 Å². The molecule has 32 heteroatoms. The van der Waals surface area contributed by atoms with Crippen LogP contribution in [0.15, 0.2) is 46.7 Å². The molecule has 0 saturated heterocycles. The number of ether oxygens (including phenoxy) is 2. The molecule has 0 aliphatic heterocycles. The number of carbonyl (C=O) groups is 10. The molecule has 2 aromatic heterocycles. The molecule has 0 radical (unpaired) electrons. The van der Waals surface area contributed by atoms with E-state index < -0.39 is 92.8 Å². The summed E-state index contributed by atoms with van der Waals surface area (Å²) in [6.45, 7) is 9.94. The molecule has 2 aromatic rings. The molecule has 0 bridgehead atoms. The molecule has 0 aliphatic rings. The van der Waals surface area contributed by atoms with Crippen LogP contribution in [0.5, 0.6) is 0 Å². The number of nitrogens with zero attached hydrogens (tertiary/aromatic N) is 4. The molecule has 0 aromatic carbocycles. The fraction of sp³-hybridized carbons (Fsp3) is 0.556. The lowest BCUT2D eigenvalue weighted by molar-refractivity contribution is -0.388. The summed E-state index contributed by atoms with van der Waals surface area (Å²) >= 11 is 0. The van der Waals surface area contributed by atoms with E-state index in [1.807, 2.05) is 10.6 Å². The molecule has 2 rings (SSSR count). The van der Waals surface area contributed by atoms with Gasteiger partial charge in [-0.15, -0.1) is 0 Å². The van der Waals surface area contributed by atoms with Crippen LogP contribution in [0.4, 0.5) is 21.0 Å². The van der Waals surface area contributed by atoms with Gasteiger partial charge in [0.2, 0.25) is 48.3 Å². The number of alkyl carbamates (subject to hydrolysis) is 2. The second-order valence-corrected chi connectivity index (χ2v) is 22.9. The zero-order valence-corrected chi connectivity index (χ0v) is 46.3. The summed E-state index contributed by atoms with van der Waals surface area (Å²) in [5, 5.41) is 42.4. The van der Waals surface area contributed by atoms with Crippen molar-refractivity contribution in [2.45, 2.75) is 145 Å². The molecule has 77 heavy (non-hydrogen) atoms. The number of aromatic nitrogens is 2. The number of hydrogen-bond donors (Lipinski definition) is 8. The Morgan fingerprint density at radius 2 is 0.948 bits per heavy atom. The highest BCUT2D eigenvalue weighted by Gasteiger charge is 2.29. The summed E-state index contributed by atoms with van der Waals surface area (Å²) in [5.74, 6) is -4.20. The van der Waals surface area contributed by atoms with Crippen molar-refractivity contribution in [2.24, 2.45) is 0 Å². The average molecular weight is 1160 g/mol. The molecule has 8 N–H and O–H groups in total. The van der Waals surface area contributed by atoms with Crippen LogP contribution in [0.1, 0.15) is 99.3 Å². The standard InChI is InChI=1S/C45H64N12O16S4/c1-44(2,3)72-42(66)54-30(24-74-76-40-32(56(68)69)16-12-22-48-40)38(64)46-20-9-7-14-28(36(62)50-26-58)52-34(60)18-11-19-35(61)53-29(37(63)51-27-59)15-8-10-21-47-39(65)31(55-43(67)73-45(4,5)6)25-75-77-41-33(57(70)71)17-13-23-49-41/h12-13,16-17,22-23,26-31H,7-11,14-15,18-21,24-25H2,1-6H3,(H,46,64)(H,47,65)(H,52,60)(H,53,61)(H,54,66)(H,55,67)(H,50,58,62)(H,51,59,63). The summed E-state index contributed by atoms with van der Waals surface area (Å²) < 4.78 is 10.6. The summed E-state index contributed by atoms with van der Waals surface area (Å²) in [6.07, 6.45) is 1.86. The Hall–Kier alpha value is -6.80. The zero-order valence-electron chi connectivity index (χ0n) is 43.1. The van der Waals surface area contributed by atoms with E-state index in [9.17, 15) is 68.2 Å². The number of hydrogen-bond acceptors (Lipinski definition) is 22. The van der Waals surface area contributed by atoms with Gasteiger partial charge in [-0.1, -0.05) is 21.6 Å².